The van der Waals surface area contributed by atoms with Crippen molar-refractivity contribution < 1.29 is 9.18 Å². The maximum absolute atomic E-state index is 14.7. The first-order valence-corrected chi connectivity index (χ1v) is 10.5. The molecular weight excluding hydrogens is 385 g/mol. The Morgan fingerprint density at radius 1 is 1.10 bits per heavy atom. The Kier molecular flexibility index (Phi) is 5.98. The van der Waals surface area contributed by atoms with E-state index >= 15 is 0 Å². The second-order valence-corrected chi connectivity index (χ2v) is 8.03. The number of carbonyl (C=O) groups is 1. The third kappa shape index (κ3) is 4.46. The monoisotopic (exact) mass is 413 g/mol. The highest BCUT2D eigenvalue weighted by Gasteiger charge is 2.24. The normalized spacial score (nSPS) is 21.5. The number of nitrogens with zero attached hydrogens (tertiary/aromatic N) is 3. The molecule has 1 unspecified atom stereocenters. The van der Waals surface area contributed by atoms with Crippen LogP contribution in [0.5, 0.6) is 0 Å². The number of pyridine rings is 2. The van der Waals surface area contributed by atoms with Crippen molar-refractivity contribution >= 4 is 28.9 Å². The smallest absolute Gasteiger partial charge is 0.252 e. The number of carbonyl (C=O) groups excluding carboxylic acids is 1. The molecule has 2 aromatic rings. The van der Waals surface area contributed by atoms with Crippen molar-refractivity contribution in [1.82, 2.24) is 9.97 Å². The molecule has 2 fully saturated rings. The number of nitrogens with one attached hydrogen (secondary N) is 2. The van der Waals surface area contributed by atoms with Gasteiger partial charge in [0.1, 0.15) is 5.82 Å². The summed E-state index contributed by atoms with van der Waals surface area (Å²) in [5.41, 5.74) is 13.3. The molecule has 0 spiro atoms. The number of rotatable bonds is 6. The fraction of sp³-hybridized carbons (Fsp3) is 0.476. The highest BCUT2D eigenvalue weighted by molar-refractivity contribution is 5.98. The van der Waals surface area contributed by atoms with Crippen LogP contribution >= 0.6 is 0 Å². The average Bonchev–Trinajstić information content (AvgIpc) is 3.27. The van der Waals surface area contributed by atoms with Crippen molar-refractivity contribution in [1.29, 1.82) is 0 Å². The van der Waals surface area contributed by atoms with Crippen LogP contribution in [0.1, 0.15) is 48.9 Å². The minimum Gasteiger partial charge on any atom is -0.370 e. The largest absolute Gasteiger partial charge is 0.370 e. The second-order valence-electron chi connectivity index (χ2n) is 8.03. The predicted octanol–water partition coefficient (Wildman–Crippen LogP) is 2.74. The van der Waals surface area contributed by atoms with Gasteiger partial charge in [0.2, 0.25) is 0 Å². The summed E-state index contributed by atoms with van der Waals surface area (Å²) in [5.74, 6) is -1.13. The van der Waals surface area contributed by atoms with Crippen LogP contribution in [0.4, 0.5) is 27.4 Å². The zero-order chi connectivity index (χ0) is 21.1. The van der Waals surface area contributed by atoms with Gasteiger partial charge in [-0.25, -0.2) is 9.37 Å². The Balaban J connectivity index is 1.61. The minimum absolute atomic E-state index is 0.0161. The Labute approximate surface area is 175 Å². The molecule has 1 amide bonds. The summed E-state index contributed by atoms with van der Waals surface area (Å²) in [6.07, 6.45) is 9.60. The summed E-state index contributed by atoms with van der Waals surface area (Å²) in [5, 5.41) is 6.22. The maximum Gasteiger partial charge on any atom is 0.252 e. The summed E-state index contributed by atoms with van der Waals surface area (Å²) in [7, 11) is 0. The van der Waals surface area contributed by atoms with Crippen LogP contribution in [0.15, 0.2) is 24.5 Å². The number of primary amides is 1. The molecule has 0 bridgehead atoms. The number of anilines is 4. The van der Waals surface area contributed by atoms with Gasteiger partial charge in [-0.2, -0.15) is 0 Å². The number of nitrogens with two attached hydrogens (primary N) is 2. The van der Waals surface area contributed by atoms with E-state index in [4.69, 9.17) is 11.5 Å². The highest BCUT2D eigenvalue weighted by atomic mass is 19.1. The summed E-state index contributed by atoms with van der Waals surface area (Å²) in [6.45, 7) is 1.98. The average molecular weight is 414 g/mol. The van der Waals surface area contributed by atoms with E-state index in [0.717, 1.165) is 63.4 Å². The fourth-order valence-electron chi connectivity index (χ4n) is 4.17. The number of halogens is 1. The van der Waals surface area contributed by atoms with E-state index in [0.29, 0.717) is 5.69 Å². The Morgan fingerprint density at radius 3 is 2.60 bits per heavy atom. The third-order valence-corrected chi connectivity index (χ3v) is 5.84. The molecule has 1 saturated heterocycles. The fourth-order valence-corrected chi connectivity index (χ4v) is 4.17. The molecular formula is C21H28FN7O. The van der Waals surface area contributed by atoms with Crippen molar-refractivity contribution in [2.45, 2.75) is 50.6 Å². The summed E-state index contributed by atoms with van der Waals surface area (Å²) in [6, 6.07) is 2.94. The molecule has 30 heavy (non-hydrogen) atoms. The lowest BCUT2D eigenvalue weighted by Crippen LogP contribution is -2.43. The predicted molar refractivity (Wildman–Crippen MR) is 116 cm³/mol. The van der Waals surface area contributed by atoms with Crippen LogP contribution in [-0.2, 0) is 0 Å². The van der Waals surface area contributed by atoms with Crippen LogP contribution in [-0.4, -0.2) is 41.0 Å². The molecule has 9 heteroatoms. The summed E-state index contributed by atoms with van der Waals surface area (Å²) >= 11 is 0. The summed E-state index contributed by atoms with van der Waals surface area (Å²) < 4.78 is 14.7. The van der Waals surface area contributed by atoms with Crippen LogP contribution in [0.25, 0.3) is 0 Å². The van der Waals surface area contributed by atoms with Crippen LogP contribution in [0.2, 0.25) is 0 Å². The van der Waals surface area contributed by atoms with Gasteiger partial charge in [-0.1, -0.05) is 12.8 Å². The van der Waals surface area contributed by atoms with Gasteiger partial charge >= 0.3 is 0 Å². The van der Waals surface area contributed by atoms with Crippen molar-refractivity contribution in [2.75, 3.05) is 28.6 Å². The van der Waals surface area contributed by atoms with E-state index in [9.17, 15) is 9.18 Å². The van der Waals surface area contributed by atoms with Gasteiger partial charge in [-0.15, -0.1) is 0 Å². The van der Waals surface area contributed by atoms with Gasteiger partial charge in [0.25, 0.3) is 5.91 Å². The van der Waals surface area contributed by atoms with Gasteiger partial charge in [-0.3, -0.25) is 9.78 Å². The van der Waals surface area contributed by atoms with Gasteiger partial charge in [0.15, 0.2) is 11.6 Å². The van der Waals surface area contributed by atoms with E-state index in [1.165, 1.54) is 0 Å². The topological polar surface area (TPSA) is 122 Å². The lowest BCUT2D eigenvalue weighted by molar-refractivity contribution is 0.100. The Hall–Kier alpha value is -2.94. The van der Waals surface area contributed by atoms with Crippen LogP contribution in [0, 0.1) is 5.82 Å². The quantitative estimate of drug-likeness (QED) is 0.574. The second kappa shape index (κ2) is 8.83. The molecule has 4 rings (SSSR count). The number of hydrogen-bond acceptors (Lipinski definition) is 7. The van der Waals surface area contributed by atoms with E-state index in [-0.39, 0.29) is 29.3 Å². The SMILES string of the molecule is NC(=O)c1cc(F)c(NC2CCCC[C@@H]2N)nc1Nc1cncc(N2CCCC2)c1. The standard InChI is InChI=1S/C21H28FN7O/c22-16-10-15(19(24)30)20(28-21(16)27-18-6-2-1-5-17(18)23)26-13-9-14(12-25-11-13)29-7-3-4-8-29/h9-12,17-18H,1-8,23H2,(H2,24,30)(H2,26,27,28)/t17-,18?/m0/s1. The van der Waals surface area contributed by atoms with Crippen molar-refractivity contribution in [3.8, 4) is 0 Å². The van der Waals surface area contributed by atoms with E-state index in [1.807, 2.05) is 6.07 Å². The van der Waals surface area contributed by atoms with Crippen LogP contribution < -0.4 is 27.0 Å². The van der Waals surface area contributed by atoms with Crippen LogP contribution in [0.3, 0.4) is 0 Å². The highest BCUT2D eigenvalue weighted by Crippen LogP contribution is 2.28. The molecule has 2 aliphatic rings. The molecule has 8 nitrogen and oxygen atoms in total. The first-order valence-electron chi connectivity index (χ1n) is 10.5. The van der Waals surface area contributed by atoms with E-state index in [2.05, 4.69) is 25.5 Å². The van der Waals surface area contributed by atoms with Gasteiger partial charge in [-0.05, 0) is 37.8 Å². The zero-order valence-electron chi connectivity index (χ0n) is 16.9. The molecule has 0 aromatic carbocycles. The molecule has 6 N–H and O–H groups in total. The first kappa shape index (κ1) is 20.3. The lowest BCUT2D eigenvalue weighted by Gasteiger charge is -2.30. The molecule has 1 saturated carbocycles. The molecule has 160 valence electrons. The molecule has 3 heterocycles. The van der Waals surface area contributed by atoms with Crippen molar-refractivity contribution in [3.05, 3.63) is 35.9 Å². The molecule has 2 aromatic heterocycles. The lowest BCUT2D eigenvalue weighted by atomic mass is 9.91. The summed E-state index contributed by atoms with van der Waals surface area (Å²) in [4.78, 5) is 22.8. The molecule has 1 aliphatic carbocycles. The van der Waals surface area contributed by atoms with Crippen molar-refractivity contribution in [3.63, 3.8) is 0 Å². The number of aromatic nitrogens is 2. The Bertz CT molecular complexity index is 916. The van der Waals surface area contributed by atoms with Gasteiger partial charge in [0, 0.05) is 25.2 Å². The van der Waals surface area contributed by atoms with Gasteiger partial charge in [0.05, 0.1) is 29.3 Å². The van der Waals surface area contributed by atoms with Crippen molar-refractivity contribution in [2.24, 2.45) is 11.5 Å². The minimum atomic E-state index is -0.756. The third-order valence-electron chi connectivity index (χ3n) is 5.84. The molecule has 2 atom stereocenters. The Morgan fingerprint density at radius 2 is 1.87 bits per heavy atom. The maximum atomic E-state index is 14.7. The first-order chi connectivity index (χ1) is 14.5. The van der Waals surface area contributed by atoms with Gasteiger partial charge < -0.3 is 27.0 Å². The number of amides is 1. The molecule has 1 aliphatic heterocycles. The van der Waals surface area contributed by atoms with E-state index < -0.39 is 11.7 Å². The molecule has 0 radical (unpaired) electrons. The zero-order valence-corrected chi connectivity index (χ0v) is 16.9. The number of hydrogen-bond donors (Lipinski definition) is 4. The van der Waals surface area contributed by atoms with E-state index in [1.54, 1.807) is 12.4 Å².